The van der Waals surface area contributed by atoms with Crippen LogP contribution in [-0.4, -0.2) is 107 Å². The van der Waals surface area contributed by atoms with Crippen molar-refractivity contribution in [2.75, 3.05) is 0 Å². The van der Waals surface area contributed by atoms with Gasteiger partial charge in [-0.2, -0.15) is 0 Å². The standard InChI is InChI=1S/Au.Cu.2Ge.In.2Si.Sn. The van der Waals surface area contributed by atoms with Gasteiger partial charge < -0.3 is 0 Å². The molecule has 0 aliphatic carbocycles. The Morgan fingerprint density at radius 1 is 0.750 bits per heavy atom. The van der Waals surface area contributed by atoms with E-state index in [1.54, 1.807) is 0 Å². The van der Waals surface area contributed by atoms with E-state index in [4.69, 9.17) is 0 Å². The maximum atomic E-state index is 0. The molecule has 0 aromatic carbocycles. The molecule has 0 unspecified atom stereocenters. The normalized spacial score (nSPS) is 0. The quantitative estimate of drug-likeness (QED) is 0.251. The van der Waals surface area contributed by atoms with Gasteiger partial charge in [0.2, 0.25) is 0 Å². The molecule has 0 rings (SSSR count). The van der Waals surface area contributed by atoms with Crippen LogP contribution in [0, 0.1) is 0 Å². The molecule has 0 spiro atoms. The Balaban J connectivity index is 0. The van der Waals surface area contributed by atoms with Gasteiger partial charge in [-0.25, -0.2) is 0 Å². The minimum Gasteiger partial charge on any atom is 0 e. The zero-order valence-corrected chi connectivity index (χ0v) is 19.1. The monoisotopic (exact) mass is 698 g/mol. The van der Waals surface area contributed by atoms with Crippen LogP contribution < -0.4 is 0 Å². The van der Waals surface area contributed by atoms with Crippen molar-refractivity contribution in [1.82, 2.24) is 0 Å². The molecule has 0 atom stereocenters. The minimum atomic E-state index is 0. The SMILES string of the molecule is [Au].[Cu].[Ge].[Ge].[In].[Si].[Si].[Sn]. The van der Waals surface area contributed by atoms with Gasteiger partial charge in [-0.15, -0.1) is 0 Å². The molecule has 0 aliphatic rings. The van der Waals surface area contributed by atoms with Crippen LogP contribution in [0.1, 0.15) is 0 Å². The van der Waals surface area contributed by atoms with Crippen molar-refractivity contribution in [3.8, 4) is 0 Å². The van der Waals surface area contributed by atoms with Crippen molar-refractivity contribution in [3.05, 3.63) is 0 Å². The van der Waals surface area contributed by atoms with Crippen LogP contribution in [0.5, 0.6) is 0 Å². The molecule has 0 bridgehead atoms. The molecule has 0 aromatic rings. The van der Waals surface area contributed by atoms with E-state index in [0.29, 0.717) is 0 Å². The predicted octanol–water partition coefficient (Wildman–Crippen LogP) is -2.29. The van der Waals surface area contributed by atoms with Gasteiger partial charge in [0.25, 0.3) is 0 Å². The fourth-order valence-electron chi connectivity index (χ4n) is 0. The molecule has 0 saturated carbocycles. The summed E-state index contributed by atoms with van der Waals surface area (Å²) in [6.07, 6.45) is 0. The van der Waals surface area contributed by atoms with E-state index in [9.17, 15) is 0 Å². The van der Waals surface area contributed by atoms with E-state index in [1.165, 1.54) is 0 Å². The summed E-state index contributed by atoms with van der Waals surface area (Å²) in [4.78, 5) is 0. The summed E-state index contributed by atoms with van der Waals surface area (Å²) in [6.45, 7) is 0. The fourth-order valence-corrected chi connectivity index (χ4v) is 0. The topological polar surface area (TPSA) is 0 Å². The average molecular weight is 695 g/mol. The Morgan fingerprint density at radius 2 is 0.750 bits per heavy atom. The van der Waals surface area contributed by atoms with Gasteiger partial charge in [0, 0.05) is 146 Å². The molecule has 0 N–H and O–H groups in total. The van der Waals surface area contributed by atoms with Crippen LogP contribution >= 0.6 is 0 Å². The van der Waals surface area contributed by atoms with E-state index < -0.39 is 0 Å². The van der Waals surface area contributed by atoms with Crippen LogP contribution in [-0.2, 0) is 39.4 Å². The second-order valence-corrected chi connectivity index (χ2v) is 0. The van der Waals surface area contributed by atoms with E-state index >= 15 is 0 Å². The molecule has 45 valence electrons. The first-order chi connectivity index (χ1) is 0. The van der Waals surface area contributed by atoms with Gasteiger partial charge in [0.1, 0.15) is 0 Å². The summed E-state index contributed by atoms with van der Waals surface area (Å²) in [5.41, 5.74) is 0. The largest absolute Gasteiger partial charge is 0 e. The summed E-state index contributed by atoms with van der Waals surface area (Å²) in [5.74, 6) is 0. The molecule has 25 radical (unpaired) electrons. The molecule has 0 saturated heterocycles. The Kier molecular flexibility index (Phi) is 651. The van der Waals surface area contributed by atoms with Gasteiger partial charge in [-0.05, 0) is 0 Å². The van der Waals surface area contributed by atoms with E-state index in [1.807, 2.05) is 0 Å². The summed E-state index contributed by atoms with van der Waals surface area (Å²) in [5, 5.41) is 0. The van der Waals surface area contributed by atoms with Crippen molar-refractivity contribution >= 4 is 107 Å². The van der Waals surface area contributed by atoms with Crippen LogP contribution in [0.3, 0.4) is 0 Å². The molecule has 0 aromatic heterocycles. The third kappa shape index (κ3) is 47.1. The number of rotatable bonds is 0. The summed E-state index contributed by atoms with van der Waals surface area (Å²) in [7, 11) is 0. The summed E-state index contributed by atoms with van der Waals surface area (Å²) >= 11 is 0. The molecular weight excluding hydrogens is 695 g/mol. The van der Waals surface area contributed by atoms with Crippen molar-refractivity contribution in [2.24, 2.45) is 0 Å². The molecule has 0 heterocycles. The zero-order valence-electron chi connectivity index (χ0n) is 3.68. The first kappa shape index (κ1) is 82.5. The first-order valence-electron chi connectivity index (χ1n) is 0. The first-order valence-corrected chi connectivity index (χ1v) is 0. The maximum Gasteiger partial charge on any atom is 0 e. The van der Waals surface area contributed by atoms with Gasteiger partial charge >= 0.3 is 0 Å². The third-order valence-corrected chi connectivity index (χ3v) is 0. The Hall–Kier alpha value is 4.45. The fraction of sp³-hybridized carbons (Fsp3) is 0. The molecule has 0 fully saturated rings. The Labute approximate surface area is 143 Å². The molecule has 0 aliphatic heterocycles. The van der Waals surface area contributed by atoms with Crippen LogP contribution in [0.4, 0.5) is 0 Å². The second-order valence-electron chi connectivity index (χ2n) is 0. The number of hydrogen-bond acceptors (Lipinski definition) is 0. The van der Waals surface area contributed by atoms with Gasteiger partial charge in [0.05, 0.1) is 0 Å². The summed E-state index contributed by atoms with van der Waals surface area (Å²) in [6, 6.07) is 0. The van der Waals surface area contributed by atoms with E-state index in [0.717, 1.165) is 0 Å². The van der Waals surface area contributed by atoms with Crippen molar-refractivity contribution < 1.29 is 39.4 Å². The Morgan fingerprint density at radius 3 is 0.750 bits per heavy atom. The second kappa shape index (κ2) is 63.2. The van der Waals surface area contributed by atoms with Crippen LogP contribution in [0.2, 0.25) is 0 Å². The van der Waals surface area contributed by atoms with Crippen LogP contribution in [0.25, 0.3) is 0 Å². The predicted molar refractivity (Wildman–Crippen MR) is 34.5 cm³/mol. The van der Waals surface area contributed by atoms with Crippen molar-refractivity contribution in [3.63, 3.8) is 0 Å². The molecule has 0 nitrogen and oxygen atoms in total. The van der Waals surface area contributed by atoms with Crippen LogP contribution in [0.15, 0.2) is 0 Å². The molecule has 8 heavy (non-hydrogen) atoms. The smallest absolute Gasteiger partial charge is 0 e. The van der Waals surface area contributed by atoms with E-state index in [2.05, 4.69) is 0 Å². The van der Waals surface area contributed by atoms with Crippen molar-refractivity contribution in [1.29, 1.82) is 0 Å². The third-order valence-electron chi connectivity index (χ3n) is 0. The molecule has 8 heteroatoms. The molecule has 0 amide bonds. The number of hydrogen-bond donors (Lipinski definition) is 0. The average Bonchev–Trinajstić information content (AvgIpc) is 0. The van der Waals surface area contributed by atoms with Gasteiger partial charge in [0.15, 0.2) is 0 Å². The maximum absolute atomic E-state index is 0. The Bertz CT molecular complexity index is 20.0. The van der Waals surface area contributed by atoms with Gasteiger partial charge in [-0.3, -0.25) is 0 Å². The summed E-state index contributed by atoms with van der Waals surface area (Å²) < 4.78 is 0. The van der Waals surface area contributed by atoms with Gasteiger partial charge in [-0.1, -0.05) is 0 Å². The minimum absolute atomic E-state index is 0. The zero-order chi connectivity index (χ0) is 0. The van der Waals surface area contributed by atoms with Crippen molar-refractivity contribution in [2.45, 2.75) is 0 Å². The molecular formula is AuCuGe2InSi2Sn. The van der Waals surface area contributed by atoms with E-state index in [-0.39, 0.29) is 146 Å².